The van der Waals surface area contributed by atoms with Crippen LogP contribution in [0.3, 0.4) is 0 Å². The lowest BCUT2D eigenvalue weighted by Crippen LogP contribution is -2.02. The zero-order valence-electron chi connectivity index (χ0n) is 11.1. The van der Waals surface area contributed by atoms with Crippen molar-refractivity contribution in [2.45, 2.75) is 39.0 Å². The molecule has 0 radical (unpaired) electrons. The lowest BCUT2D eigenvalue weighted by molar-refractivity contribution is 0.708. The fourth-order valence-electron chi connectivity index (χ4n) is 2.66. The van der Waals surface area contributed by atoms with Crippen molar-refractivity contribution in [2.75, 3.05) is 0 Å². The molecule has 2 aromatic rings. The summed E-state index contributed by atoms with van der Waals surface area (Å²) < 4.78 is 0.766. The highest BCUT2D eigenvalue weighted by Gasteiger charge is 2.13. The normalized spacial score (nSPS) is 14.8. The fourth-order valence-corrected chi connectivity index (χ4v) is 2.98. The Balaban J connectivity index is 2.15. The number of aromatic amines is 1. The summed E-state index contributed by atoms with van der Waals surface area (Å²) in [7, 11) is 0. The molecule has 3 nitrogen and oxygen atoms in total. The van der Waals surface area contributed by atoms with Crippen LogP contribution >= 0.6 is 12.2 Å². The predicted molar refractivity (Wildman–Crippen MR) is 78.6 cm³/mol. The number of fused-ring (bicyclic) bond motifs is 1. The Morgan fingerprint density at radius 2 is 2.05 bits per heavy atom. The van der Waals surface area contributed by atoms with Crippen molar-refractivity contribution in [3.63, 3.8) is 0 Å². The summed E-state index contributed by atoms with van der Waals surface area (Å²) >= 11 is 5.48. The summed E-state index contributed by atoms with van der Waals surface area (Å²) in [6.07, 6.45) is 9.54. The van der Waals surface area contributed by atoms with Gasteiger partial charge in [0.25, 0.3) is 0 Å². The molecule has 1 aliphatic rings. The lowest BCUT2D eigenvalue weighted by atomic mass is 10.1. The number of pyridine rings is 1. The van der Waals surface area contributed by atoms with Crippen LogP contribution in [0, 0.1) is 11.6 Å². The largest absolute Gasteiger partial charge is 0.343 e. The first kappa shape index (κ1) is 12.5. The van der Waals surface area contributed by atoms with E-state index < -0.39 is 0 Å². The van der Waals surface area contributed by atoms with Crippen molar-refractivity contribution in [3.05, 3.63) is 39.9 Å². The molecule has 0 atom stereocenters. The SMILES string of the molecule is Cc1cnccc1-c1nc(=S)c2c([nH]1)CCCCC2. The molecule has 19 heavy (non-hydrogen) atoms. The molecule has 2 aromatic heterocycles. The number of hydrogen-bond donors (Lipinski definition) is 1. The second kappa shape index (κ2) is 5.21. The zero-order chi connectivity index (χ0) is 13.2. The third-order valence-electron chi connectivity index (χ3n) is 3.73. The summed E-state index contributed by atoms with van der Waals surface area (Å²) in [6, 6.07) is 1.99. The summed E-state index contributed by atoms with van der Waals surface area (Å²) in [5.41, 5.74) is 4.74. The predicted octanol–water partition coefficient (Wildman–Crippen LogP) is 3.78. The molecule has 0 unspecified atom stereocenters. The Hall–Kier alpha value is -1.55. The lowest BCUT2D eigenvalue weighted by Gasteiger charge is -2.10. The van der Waals surface area contributed by atoms with Crippen molar-refractivity contribution in [3.8, 4) is 11.4 Å². The highest BCUT2D eigenvalue weighted by Crippen LogP contribution is 2.24. The summed E-state index contributed by atoms with van der Waals surface area (Å²) in [6.45, 7) is 2.05. The Labute approximate surface area is 118 Å². The van der Waals surface area contributed by atoms with Gasteiger partial charge in [-0.2, -0.15) is 0 Å². The van der Waals surface area contributed by atoms with Gasteiger partial charge in [-0.05, 0) is 44.2 Å². The highest BCUT2D eigenvalue weighted by atomic mass is 32.1. The van der Waals surface area contributed by atoms with Crippen LogP contribution in [0.4, 0.5) is 0 Å². The van der Waals surface area contributed by atoms with Crippen molar-refractivity contribution in [1.82, 2.24) is 15.0 Å². The van der Waals surface area contributed by atoms with E-state index in [1.165, 1.54) is 30.5 Å². The van der Waals surface area contributed by atoms with Crippen LogP contribution in [-0.4, -0.2) is 15.0 Å². The van der Waals surface area contributed by atoms with Gasteiger partial charge in [-0.15, -0.1) is 0 Å². The Bertz CT molecular complexity index is 661. The van der Waals surface area contributed by atoms with Crippen LogP contribution in [0.2, 0.25) is 0 Å². The molecule has 4 heteroatoms. The van der Waals surface area contributed by atoms with Crippen LogP contribution in [0.25, 0.3) is 11.4 Å². The smallest absolute Gasteiger partial charge is 0.139 e. The molecule has 0 saturated heterocycles. The van der Waals surface area contributed by atoms with Crippen molar-refractivity contribution in [1.29, 1.82) is 0 Å². The number of nitrogens with zero attached hydrogens (tertiary/aromatic N) is 2. The molecule has 98 valence electrons. The molecule has 0 fully saturated rings. The average molecular weight is 271 g/mol. The Kier molecular flexibility index (Phi) is 3.42. The molecular weight excluding hydrogens is 254 g/mol. The van der Waals surface area contributed by atoms with Gasteiger partial charge in [-0.25, -0.2) is 4.98 Å². The third kappa shape index (κ3) is 2.45. The van der Waals surface area contributed by atoms with Crippen molar-refractivity contribution >= 4 is 12.2 Å². The van der Waals surface area contributed by atoms with E-state index in [1.54, 1.807) is 6.20 Å². The molecule has 0 bridgehead atoms. The standard InChI is InChI=1S/C15H17N3S/c1-10-9-16-8-7-11(10)14-17-13-6-4-2-3-5-12(13)15(19)18-14/h7-9H,2-6H2,1H3,(H,17,18,19). The van der Waals surface area contributed by atoms with E-state index in [2.05, 4.69) is 15.0 Å². The van der Waals surface area contributed by atoms with Crippen LogP contribution in [0.5, 0.6) is 0 Å². The number of rotatable bonds is 1. The van der Waals surface area contributed by atoms with Gasteiger partial charge < -0.3 is 4.98 Å². The van der Waals surface area contributed by atoms with E-state index in [0.717, 1.165) is 34.4 Å². The quantitative estimate of drug-likeness (QED) is 0.634. The molecule has 0 aromatic carbocycles. The molecule has 0 amide bonds. The maximum atomic E-state index is 5.48. The first-order chi connectivity index (χ1) is 9.25. The van der Waals surface area contributed by atoms with E-state index >= 15 is 0 Å². The van der Waals surface area contributed by atoms with Gasteiger partial charge in [0, 0.05) is 29.2 Å². The first-order valence-electron chi connectivity index (χ1n) is 6.79. The molecular formula is C15H17N3S. The summed E-state index contributed by atoms with van der Waals surface area (Å²) in [4.78, 5) is 12.2. The van der Waals surface area contributed by atoms with Gasteiger partial charge >= 0.3 is 0 Å². The number of hydrogen-bond acceptors (Lipinski definition) is 3. The summed E-state index contributed by atoms with van der Waals surface area (Å²) in [5, 5.41) is 0. The van der Waals surface area contributed by atoms with Crippen LogP contribution < -0.4 is 0 Å². The van der Waals surface area contributed by atoms with Crippen LogP contribution in [0.15, 0.2) is 18.5 Å². The Morgan fingerprint density at radius 1 is 1.21 bits per heavy atom. The van der Waals surface area contributed by atoms with E-state index in [0.29, 0.717) is 0 Å². The van der Waals surface area contributed by atoms with Crippen molar-refractivity contribution in [2.24, 2.45) is 0 Å². The van der Waals surface area contributed by atoms with Gasteiger partial charge in [0.2, 0.25) is 0 Å². The first-order valence-corrected chi connectivity index (χ1v) is 7.19. The van der Waals surface area contributed by atoms with E-state index in [4.69, 9.17) is 12.2 Å². The van der Waals surface area contributed by atoms with Crippen molar-refractivity contribution < 1.29 is 0 Å². The number of H-pyrrole nitrogens is 1. The number of aryl methyl sites for hydroxylation is 2. The van der Waals surface area contributed by atoms with E-state index in [9.17, 15) is 0 Å². The maximum absolute atomic E-state index is 5.48. The molecule has 0 saturated carbocycles. The molecule has 3 rings (SSSR count). The zero-order valence-corrected chi connectivity index (χ0v) is 11.9. The molecule has 1 N–H and O–H groups in total. The van der Waals surface area contributed by atoms with Gasteiger partial charge in [-0.1, -0.05) is 18.6 Å². The van der Waals surface area contributed by atoms with Gasteiger partial charge in [-0.3, -0.25) is 4.98 Å². The molecule has 1 aliphatic carbocycles. The molecule has 0 spiro atoms. The number of nitrogens with one attached hydrogen (secondary N) is 1. The maximum Gasteiger partial charge on any atom is 0.139 e. The topological polar surface area (TPSA) is 41.6 Å². The van der Waals surface area contributed by atoms with Gasteiger partial charge in [0.1, 0.15) is 10.5 Å². The number of aromatic nitrogens is 3. The second-order valence-corrected chi connectivity index (χ2v) is 5.49. The third-order valence-corrected chi connectivity index (χ3v) is 4.07. The monoisotopic (exact) mass is 271 g/mol. The fraction of sp³-hybridized carbons (Fsp3) is 0.400. The van der Waals surface area contributed by atoms with E-state index in [-0.39, 0.29) is 0 Å². The van der Waals surface area contributed by atoms with Gasteiger partial charge in [0.15, 0.2) is 0 Å². The highest BCUT2D eigenvalue weighted by molar-refractivity contribution is 7.71. The van der Waals surface area contributed by atoms with Crippen LogP contribution in [0.1, 0.15) is 36.1 Å². The minimum Gasteiger partial charge on any atom is -0.343 e. The molecule has 0 aliphatic heterocycles. The minimum atomic E-state index is 0.766. The Morgan fingerprint density at radius 3 is 2.89 bits per heavy atom. The van der Waals surface area contributed by atoms with E-state index in [1.807, 2.05) is 19.2 Å². The van der Waals surface area contributed by atoms with Crippen LogP contribution in [-0.2, 0) is 12.8 Å². The van der Waals surface area contributed by atoms with Gasteiger partial charge in [0.05, 0.1) is 0 Å². The minimum absolute atomic E-state index is 0.766. The summed E-state index contributed by atoms with van der Waals surface area (Å²) in [5.74, 6) is 0.880. The second-order valence-electron chi connectivity index (χ2n) is 5.10. The average Bonchev–Trinajstić information content (AvgIpc) is 2.65. The molecule has 2 heterocycles.